The molecule has 4 fully saturated rings. The summed E-state index contributed by atoms with van der Waals surface area (Å²) < 4.78 is 74.3. The van der Waals surface area contributed by atoms with Crippen molar-refractivity contribution in [3.63, 3.8) is 0 Å². The van der Waals surface area contributed by atoms with Crippen LogP contribution in [0.1, 0.15) is 76.9 Å². The van der Waals surface area contributed by atoms with Gasteiger partial charge in [-0.2, -0.15) is 19.0 Å². The van der Waals surface area contributed by atoms with Gasteiger partial charge in [0, 0.05) is 12.6 Å². The Morgan fingerprint density at radius 1 is 1.12 bits per heavy atom. The smallest absolute Gasteiger partial charge is 0.387 e. The van der Waals surface area contributed by atoms with E-state index in [1.165, 1.54) is 34.7 Å². The molecule has 4 aromatic rings. The Hall–Kier alpha value is -4.00. The second kappa shape index (κ2) is 12.3. The number of aromatic nitrogens is 5. The normalized spacial score (nSPS) is 23.7. The standard InChI is InChI=1S/C33H36F2N6O8S2.H2/c1-18-25-26(42)40(33(11-12-33)29(43)38-51(45,46)32(2)9-10-32)31(44)39(28(25)50-27(18)41-36-13-14-37-41)17-24(22-5-3-4-6-23(22)49-30(34)35)48-21-15-19-7-8-20(16-21)47-19;/h3-6,13-14,19-21,24,30H,7-12,15-17H2,1-2H3,(H,38,43);1H/t19-,20+,21?,24-;/m0./s1. The molecule has 0 radical (unpaired) electrons. The number of thiophene rings is 1. The highest BCUT2D eigenvalue weighted by Crippen LogP contribution is 2.46. The summed E-state index contributed by atoms with van der Waals surface area (Å²) in [7, 11) is -4.09. The molecule has 2 aliphatic carbocycles. The van der Waals surface area contributed by atoms with Crippen LogP contribution < -0.4 is 20.7 Å². The molecule has 274 valence electrons. The van der Waals surface area contributed by atoms with Crippen LogP contribution in [0.25, 0.3) is 15.2 Å². The van der Waals surface area contributed by atoms with Crippen LogP contribution in [0.2, 0.25) is 0 Å². The Morgan fingerprint density at radius 2 is 1.78 bits per heavy atom. The average molecular weight is 749 g/mol. The maximum Gasteiger partial charge on any atom is 0.387 e. The molecular formula is C33H38F2N6O8S2. The van der Waals surface area contributed by atoms with Crippen LogP contribution in [-0.2, 0) is 36.4 Å². The summed E-state index contributed by atoms with van der Waals surface area (Å²) >= 11 is 1.08. The molecule has 3 aromatic heterocycles. The van der Waals surface area contributed by atoms with Gasteiger partial charge in [0.15, 0.2) is 0 Å². The largest absolute Gasteiger partial charge is 0.434 e. The van der Waals surface area contributed by atoms with Gasteiger partial charge in [0.1, 0.15) is 27.2 Å². The van der Waals surface area contributed by atoms with Crippen LogP contribution in [0, 0.1) is 6.92 Å². The second-order valence-electron chi connectivity index (χ2n) is 14.1. The summed E-state index contributed by atoms with van der Waals surface area (Å²) in [6.45, 7) is -0.180. The zero-order chi connectivity index (χ0) is 35.9. The third kappa shape index (κ3) is 5.89. The first-order valence-corrected chi connectivity index (χ1v) is 19.2. The molecule has 14 nitrogen and oxygen atoms in total. The number of nitrogens with one attached hydrogen (secondary N) is 1. The fourth-order valence-electron chi connectivity index (χ4n) is 7.32. The number of alkyl halides is 2. The molecule has 2 saturated carbocycles. The van der Waals surface area contributed by atoms with E-state index in [1.807, 2.05) is 0 Å². The molecular weight excluding hydrogens is 711 g/mol. The summed E-state index contributed by atoms with van der Waals surface area (Å²) in [5.41, 5.74) is -2.69. The van der Waals surface area contributed by atoms with Crippen LogP contribution in [0.4, 0.5) is 8.78 Å². The third-order valence-corrected chi connectivity index (χ3v) is 14.1. The van der Waals surface area contributed by atoms with Gasteiger partial charge in [0.25, 0.3) is 11.5 Å². The second-order valence-corrected chi connectivity index (χ2v) is 17.2. The number of halogens is 2. The quantitative estimate of drug-likeness (QED) is 0.225. The Morgan fingerprint density at radius 3 is 2.41 bits per heavy atom. The average Bonchev–Trinajstić information content (AvgIpc) is 3.89. The van der Waals surface area contributed by atoms with Crippen molar-refractivity contribution >= 4 is 37.5 Å². The number of para-hydroxylation sites is 1. The van der Waals surface area contributed by atoms with E-state index in [2.05, 4.69) is 14.9 Å². The number of nitrogens with zero attached hydrogens (tertiary/aromatic N) is 5. The summed E-state index contributed by atoms with van der Waals surface area (Å²) in [5.74, 6) is -1.09. The van der Waals surface area contributed by atoms with Gasteiger partial charge in [-0.25, -0.2) is 17.8 Å². The van der Waals surface area contributed by atoms with E-state index in [9.17, 15) is 31.6 Å². The minimum Gasteiger partial charge on any atom is -0.434 e. The Bertz CT molecular complexity index is 2240. The van der Waals surface area contributed by atoms with E-state index in [4.69, 9.17) is 14.2 Å². The fraction of sp³-hybridized carbons (Fsp3) is 0.545. The van der Waals surface area contributed by atoms with Crippen molar-refractivity contribution in [2.75, 3.05) is 0 Å². The number of benzene rings is 1. The molecule has 1 aromatic carbocycles. The molecule has 2 bridgehead atoms. The van der Waals surface area contributed by atoms with Gasteiger partial charge in [-0.05, 0) is 71.3 Å². The van der Waals surface area contributed by atoms with Gasteiger partial charge in [0.05, 0.1) is 47.4 Å². The van der Waals surface area contributed by atoms with Gasteiger partial charge >= 0.3 is 12.3 Å². The number of carbonyl (C=O) groups is 1. The van der Waals surface area contributed by atoms with Gasteiger partial charge in [-0.15, -0.1) is 4.80 Å². The maximum atomic E-state index is 14.8. The van der Waals surface area contributed by atoms with E-state index in [1.54, 1.807) is 25.1 Å². The number of hydrogen-bond donors (Lipinski definition) is 1. The van der Waals surface area contributed by atoms with Crippen LogP contribution >= 0.6 is 11.3 Å². The molecule has 4 atom stereocenters. The molecule has 0 spiro atoms. The number of amides is 1. The predicted molar refractivity (Wildman–Crippen MR) is 182 cm³/mol. The molecule has 1 unspecified atom stereocenters. The molecule has 2 aliphatic heterocycles. The molecule has 1 N–H and O–H groups in total. The summed E-state index contributed by atoms with van der Waals surface area (Å²) in [6, 6.07) is 6.19. The zero-order valence-electron chi connectivity index (χ0n) is 27.8. The van der Waals surface area contributed by atoms with Crippen molar-refractivity contribution in [1.29, 1.82) is 0 Å². The predicted octanol–water partition coefficient (Wildman–Crippen LogP) is 3.92. The molecule has 8 rings (SSSR count). The summed E-state index contributed by atoms with van der Waals surface area (Å²) in [6.07, 6.45) is 5.31. The lowest BCUT2D eigenvalue weighted by Crippen LogP contribution is -2.53. The maximum absolute atomic E-state index is 14.8. The minimum absolute atomic E-state index is 0. The SMILES string of the molecule is Cc1c(-n2nccn2)sc2c1c(=O)n(C1(C(=O)NS(=O)(=O)C3(C)CC3)CC1)c(=O)n2C[C@H](OC1C[C@H]2CC[C@@H](C1)O2)c1ccccc1OC(F)F.[HH]. The van der Waals surface area contributed by atoms with E-state index in [-0.39, 0.29) is 60.7 Å². The number of sulfonamides is 1. The van der Waals surface area contributed by atoms with Crippen molar-refractivity contribution in [2.45, 2.75) is 113 Å². The number of hydrogen-bond acceptors (Lipinski definition) is 11. The Labute approximate surface area is 295 Å². The third-order valence-electron chi connectivity index (χ3n) is 10.6. The van der Waals surface area contributed by atoms with Crippen molar-refractivity contribution in [3.05, 3.63) is 68.6 Å². The first-order chi connectivity index (χ1) is 24.3. The van der Waals surface area contributed by atoms with Gasteiger partial charge in [-0.3, -0.25) is 18.9 Å². The highest BCUT2D eigenvalue weighted by Gasteiger charge is 2.58. The van der Waals surface area contributed by atoms with E-state index in [0.29, 0.717) is 36.2 Å². The molecule has 4 aliphatic rings. The molecule has 18 heteroatoms. The van der Waals surface area contributed by atoms with Crippen LogP contribution in [0.5, 0.6) is 5.75 Å². The summed E-state index contributed by atoms with van der Waals surface area (Å²) in [5, 5.41) is 8.99. The van der Waals surface area contributed by atoms with Gasteiger partial charge in [-0.1, -0.05) is 29.5 Å². The van der Waals surface area contributed by atoms with E-state index in [0.717, 1.165) is 28.7 Å². The van der Waals surface area contributed by atoms with E-state index >= 15 is 0 Å². The minimum atomic E-state index is -4.09. The topological polar surface area (TPSA) is 166 Å². The Balaban J connectivity index is 0.00000420. The lowest BCUT2D eigenvalue weighted by molar-refractivity contribution is -0.124. The number of fused-ring (bicyclic) bond motifs is 3. The van der Waals surface area contributed by atoms with Crippen LogP contribution in [-0.4, -0.2) is 68.1 Å². The van der Waals surface area contributed by atoms with E-state index < -0.39 is 50.2 Å². The van der Waals surface area contributed by atoms with Crippen molar-refractivity contribution < 1.29 is 37.6 Å². The van der Waals surface area contributed by atoms with Crippen molar-refractivity contribution in [2.24, 2.45) is 0 Å². The lowest BCUT2D eigenvalue weighted by atomic mass is 10.0. The lowest BCUT2D eigenvalue weighted by Gasteiger charge is -2.32. The van der Waals surface area contributed by atoms with Crippen molar-refractivity contribution in [3.8, 4) is 10.8 Å². The highest BCUT2D eigenvalue weighted by atomic mass is 32.2. The Kier molecular flexibility index (Phi) is 8.23. The first kappa shape index (κ1) is 34.1. The van der Waals surface area contributed by atoms with Gasteiger partial charge in [0.2, 0.25) is 10.0 Å². The number of ether oxygens (including phenoxy) is 3. The first-order valence-electron chi connectivity index (χ1n) is 16.9. The molecule has 51 heavy (non-hydrogen) atoms. The monoisotopic (exact) mass is 748 g/mol. The van der Waals surface area contributed by atoms with Crippen molar-refractivity contribution in [1.82, 2.24) is 28.9 Å². The molecule has 5 heterocycles. The number of carbonyl (C=O) groups excluding carboxylic acids is 1. The number of aryl methyl sites for hydroxylation is 1. The zero-order valence-corrected chi connectivity index (χ0v) is 29.4. The van der Waals surface area contributed by atoms with Crippen LogP contribution in [0.3, 0.4) is 0 Å². The highest BCUT2D eigenvalue weighted by molar-refractivity contribution is 7.91. The molecule has 2 saturated heterocycles. The number of rotatable bonds is 12. The molecule has 1 amide bonds. The summed E-state index contributed by atoms with van der Waals surface area (Å²) in [4.78, 5) is 44.5. The van der Waals surface area contributed by atoms with Gasteiger partial charge < -0.3 is 14.2 Å². The van der Waals surface area contributed by atoms with Crippen LogP contribution in [0.15, 0.2) is 46.2 Å². The fourth-order valence-corrected chi connectivity index (χ4v) is 9.86.